The van der Waals surface area contributed by atoms with Crippen molar-refractivity contribution in [3.8, 4) is 0 Å². The van der Waals surface area contributed by atoms with Crippen LogP contribution in [0.5, 0.6) is 0 Å². The Morgan fingerprint density at radius 1 is 1.16 bits per heavy atom. The lowest BCUT2D eigenvalue weighted by atomic mass is 10.2. The molecule has 2 rings (SSSR count). The fourth-order valence-corrected chi connectivity index (χ4v) is 1.88. The van der Waals surface area contributed by atoms with Crippen LogP contribution in [-0.4, -0.2) is 30.1 Å². The molecule has 0 spiro atoms. The third-order valence-corrected chi connectivity index (χ3v) is 3.01. The first kappa shape index (κ1) is 13.3. The van der Waals surface area contributed by atoms with Gasteiger partial charge in [-0.25, -0.2) is 4.98 Å². The lowest BCUT2D eigenvalue weighted by Crippen LogP contribution is -2.21. The van der Waals surface area contributed by atoms with Crippen molar-refractivity contribution >= 4 is 11.5 Å². The third-order valence-electron chi connectivity index (χ3n) is 3.01. The van der Waals surface area contributed by atoms with Gasteiger partial charge >= 0.3 is 0 Å². The summed E-state index contributed by atoms with van der Waals surface area (Å²) in [5.41, 5.74) is 2.36. The van der Waals surface area contributed by atoms with Crippen molar-refractivity contribution < 1.29 is 0 Å². The van der Waals surface area contributed by atoms with Crippen molar-refractivity contribution in [2.75, 3.05) is 30.4 Å². The summed E-state index contributed by atoms with van der Waals surface area (Å²) in [5, 5.41) is 3.24. The number of hydrogen-bond donors (Lipinski definition) is 1. The van der Waals surface area contributed by atoms with Gasteiger partial charge in [0.05, 0.1) is 11.9 Å². The quantitative estimate of drug-likeness (QED) is 0.862. The number of likely N-dealkylation sites (N-methyl/N-ethyl adjacent to an activating group) is 1. The minimum Gasteiger partial charge on any atom is -0.384 e. The highest BCUT2D eigenvalue weighted by atomic mass is 15.2. The highest BCUT2D eigenvalue weighted by Crippen LogP contribution is 2.13. The van der Waals surface area contributed by atoms with Gasteiger partial charge in [-0.05, 0) is 43.2 Å². The molecular formula is C15H20N4. The molecule has 0 aliphatic carbocycles. The first-order chi connectivity index (χ1) is 9.29. The van der Waals surface area contributed by atoms with Crippen molar-refractivity contribution in [2.24, 2.45) is 0 Å². The molecule has 0 radical (unpaired) electrons. The van der Waals surface area contributed by atoms with Crippen molar-refractivity contribution in [1.82, 2.24) is 9.97 Å². The smallest absolute Gasteiger partial charge is 0.128 e. The minimum atomic E-state index is 0.916. The second kappa shape index (κ2) is 6.73. The molecule has 0 aromatic carbocycles. The Morgan fingerprint density at radius 3 is 2.58 bits per heavy atom. The highest BCUT2D eigenvalue weighted by Gasteiger charge is 2.02. The first-order valence-corrected chi connectivity index (χ1v) is 6.59. The van der Waals surface area contributed by atoms with Crippen LogP contribution in [-0.2, 0) is 6.42 Å². The Labute approximate surface area is 114 Å². The Hall–Kier alpha value is -2.10. The Bertz CT molecular complexity index is 481. The summed E-state index contributed by atoms with van der Waals surface area (Å²) in [6.45, 7) is 3.94. The summed E-state index contributed by atoms with van der Waals surface area (Å²) in [7, 11) is 2.07. The molecule has 100 valence electrons. The van der Waals surface area contributed by atoms with Crippen molar-refractivity contribution in [3.63, 3.8) is 0 Å². The second-order valence-corrected chi connectivity index (χ2v) is 4.46. The van der Waals surface area contributed by atoms with Gasteiger partial charge in [-0.15, -0.1) is 0 Å². The summed E-state index contributed by atoms with van der Waals surface area (Å²) in [5.74, 6) is 0.996. The van der Waals surface area contributed by atoms with Crippen LogP contribution in [0.4, 0.5) is 11.5 Å². The van der Waals surface area contributed by atoms with Crippen LogP contribution in [0, 0.1) is 0 Å². The Balaban J connectivity index is 1.90. The average Bonchev–Trinajstić information content (AvgIpc) is 2.47. The van der Waals surface area contributed by atoms with Gasteiger partial charge in [-0.3, -0.25) is 4.98 Å². The molecule has 0 saturated heterocycles. The molecule has 4 heteroatoms. The van der Waals surface area contributed by atoms with E-state index < -0.39 is 0 Å². The van der Waals surface area contributed by atoms with Crippen LogP contribution in [0.3, 0.4) is 0 Å². The highest BCUT2D eigenvalue weighted by molar-refractivity contribution is 5.48. The molecule has 0 amide bonds. The second-order valence-electron chi connectivity index (χ2n) is 4.46. The maximum Gasteiger partial charge on any atom is 0.128 e. The van der Waals surface area contributed by atoms with Crippen LogP contribution < -0.4 is 10.2 Å². The van der Waals surface area contributed by atoms with Gasteiger partial charge in [-0.1, -0.05) is 0 Å². The molecule has 2 aromatic heterocycles. The molecule has 4 nitrogen and oxygen atoms in total. The van der Waals surface area contributed by atoms with E-state index in [1.165, 1.54) is 5.56 Å². The summed E-state index contributed by atoms with van der Waals surface area (Å²) in [6, 6.07) is 8.21. The van der Waals surface area contributed by atoms with Gasteiger partial charge in [0.15, 0.2) is 0 Å². The van der Waals surface area contributed by atoms with E-state index in [4.69, 9.17) is 0 Å². The number of aromatic nitrogens is 2. The number of hydrogen-bond acceptors (Lipinski definition) is 4. The van der Waals surface area contributed by atoms with Gasteiger partial charge in [0.1, 0.15) is 5.82 Å². The van der Waals surface area contributed by atoms with Crippen LogP contribution in [0.25, 0.3) is 0 Å². The number of nitrogens with one attached hydrogen (secondary N) is 1. The number of anilines is 2. The monoisotopic (exact) mass is 256 g/mol. The van der Waals surface area contributed by atoms with Gasteiger partial charge in [-0.2, -0.15) is 0 Å². The normalized spacial score (nSPS) is 10.2. The third kappa shape index (κ3) is 3.95. The van der Waals surface area contributed by atoms with E-state index in [0.29, 0.717) is 0 Å². The molecular weight excluding hydrogens is 236 g/mol. The van der Waals surface area contributed by atoms with E-state index in [2.05, 4.69) is 52.4 Å². The molecule has 1 N–H and O–H groups in total. The SMILES string of the molecule is CCNc1ccc(N(C)CCc2ccncc2)nc1. The molecule has 0 unspecified atom stereocenters. The van der Waals surface area contributed by atoms with Crippen molar-refractivity contribution in [2.45, 2.75) is 13.3 Å². The van der Waals surface area contributed by atoms with E-state index in [1.807, 2.05) is 24.7 Å². The molecule has 2 heterocycles. The van der Waals surface area contributed by atoms with E-state index in [-0.39, 0.29) is 0 Å². The standard InChI is InChI=1S/C15H20N4/c1-3-17-14-4-5-15(18-12-14)19(2)11-8-13-6-9-16-10-7-13/h4-7,9-10,12,17H,3,8,11H2,1-2H3. The number of pyridine rings is 2. The van der Waals surface area contributed by atoms with Gasteiger partial charge in [0.25, 0.3) is 0 Å². The zero-order valence-corrected chi connectivity index (χ0v) is 11.5. The first-order valence-electron chi connectivity index (χ1n) is 6.59. The lowest BCUT2D eigenvalue weighted by Gasteiger charge is -2.18. The van der Waals surface area contributed by atoms with Crippen LogP contribution in [0.2, 0.25) is 0 Å². The summed E-state index contributed by atoms with van der Waals surface area (Å²) < 4.78 is 0. The van der Waals surface area contributed by atoms with E-state index in [1.54, 1.807) is 0 Å². The largest absolute Gasteiger partial charge is 0.384 e. The summed E-state index contributed by atoms with van der Waals surface area (Å²) in [4.78, 5) is 10.6. The fourth-order valence-electron chi connectivity index (χ4n) is 1.88. The maximum absolute atomic E-state index is 4.46. The van der Waals surface area contributed by atoms with Crippen LogP contribution >= 0.6 is 0 Å². The fraction of sp³-hybridized carbons (Fsp3) is 0.333. The number of nitrogens with zero attached hydrogens (tertiary/aromatic N) is 3. The zero-order chi connectivity index (χ0) is 13.5. The summed E-state index contributed by atoms with van der Waals surface area (Å²) >= 11 is 0. The Kier molecular flexibility index (Phi) is 4.72. The molecule has 0 aliphatic rings. The lowest BCUT2D eigenvalue weighted by molar-refractivity contribution is 0.858. The molecule has 0 aliphatic heterocycles. The van der Waals surface area contributed by atoms with E-state index in [0.717, 1.165) is 31.0 Å². The van der Waals surface area contributed by atoms with Crippen molar-refractivity contribution in [3.05, 3.63) is 48.4 Å². The molecule has 19 heavy (non-hydrogen) atoms. The minimum absolute atomic E-state index is 0.916. The number of rotatable bonds is 6. The predicted octanol–water partition coefficient (Wildman–Crippen LogP) is 2.59. The van der Waals surface area contributed by atoms with Gasteiger partial charge in [0, 0.05) is 32.5 Å². The Morgan fingerprint density at radius 2 is 1.95 bits per heavy atom. The molecule has 2 aromatic rings. The molecule has 0 bridgehead atoms. The topological polar surface area (TPSA) is 41.0 Å². The average molecular weight is 256 g/mol. The van der Waals surface area contributed by atoms with Crippen LogP contribution in [0.15, 0.2) is 42.9 Å². The van der Waals surface area contributed by atoms with E-state index >= 15 is 0 Å². The molecule has 0 fully saturated rings. The van der Waals surface area contributed by atoms with E-state index in [9.17, 15) is 0 Å². The van der Waals surface area contributed by atoms with Crippen LogP contribution in [0.1, 0.15) is 12.5 Å². The van der Waals surface area contributed by atoms with Crippen molar-refractivity contribution in [1.29, 1.82) is 0 Å². The zero-order valence-electron chi connectivity index (χ0n) is 11.5. The maximum atomic E-state index is 4.46. The summed E-state index contributed by atoms with van der Waals surface area (Å²) in [6.07, 6.45) is 6.54. The molecule has 0 saturated carbocycles. The van der Waals surface area contributed by atoms with Gasteiger partial charge in [0.2, 0.25) is 0 Å². The predicted molar refractivity (Wildman–Crippen MR) is 79.6 cm³/mol. The van der Waals surface area contributed by atoms with Gasteiger partial charge < -0.3 is 10.2 Å². The molecule has 0 atom stereocenters.